The van der Waals surface area contributed by atoms with Gasteiger partial charge in [-0.2, -0.15) is 0 Å². The number of rotatable bonds is 5. The van der Waals surface area contributed by atoms with E-state index in [0.29, 0.717) is 17.9 Å². The third-order valence-corrected chi connectivity index (χ3v) is 2.86. The van der Waals surface area contributed by atoms with E-state index in [1.807, 2.05) is 50.2 Å². The zero-order chi connectivity index (χ0) is 13.7. The zero-order valence-electron chi connectivity index (χ0n) is 11.1. The lowest BCUT2D eigenvalue weighted by molar-refractivity contribution is 0.288. The van der Waals surface area contributed by atoms with Crippen LogP contribution < -0.4 is 9.47 Å². The Hall–Kier alpha value is -1.81. The average Bonchev–Trinajstić information content (AvgIpc) is 2.41. The van der Waals surface area contributed by atoms with Crippen LogP contribution in [-0.4, -0.2) is 18.2 Å². The van der Waals surface area contributed by atoms with Crippen molar-refractivity contribution in [2.45, 2.75) is 13.8 Å². The predicted molar refractivity (Wildman–Crippen MR) is 79.4 cm³/mol. The third-order valence-electron chi connectivity index (χ3n) is 2.62. The van der Waals surface area contributed by atoms with E-state index in [-0.39, 0.29) is 0 Å². The van der Waals surface area contributed by atoms with Crippen LogP contribution in [0.2, 0.25) is 0 Å². The average molecular weight is 275 g/mol. The number of benzene rings is 1. The Morgan fingerprint density at radius 1 is 1.00 bits per heavy atom. The molecule has 19 heavy (non-hydrogen) atoms. The number of aromatic nitrogens is 1. The minimum absolute atomic E-state index is 0.605. The summed E-state index contributed by atoms with van der Waals surface area (Å²) in [5.74, 6) is 1.52. The molecule has 0 amide bonds. The molecule has 0 aliphatic rings. The van der Waals surface area contributed by atoms with Gasteiger partial charge in [0.1, 0.15) is 4.64 Å². The molecule has 1 N–H and O–H groups in total. The molecular formula is C15H17NO2S. The summed E-state index contributed by atoms with van der Waals surface area (Å²) in [6.07, 6.45) is 0. The summed E-state index contributed by atoms with van der Waals surface area (Å²) in [5.41, 5.74) is 2.00. The van der Waals surface area contributed by atoms with Crippen molar-refractivity contribution in [3.05, 3.63) is 41.0 Å². The second-order valence-electron chi connectivity index (χ2n) is 3.96. The largest absolute Gasteiger partial charge is 0.490 e. The second kappa shape index (κ2) is 6.38. The molecule has 0 spiro atoms. The van der Waals surface area contributed by atoms with Crippen LogP contribution in [-0.2, 0) is 0 Å². The fourth-order valence-corrected chi connectivity index (χ4v) is 2.02. The van der Waals surface area contributed by atoms with Gasteiger partial charge in [0.25, 0.3) is 0 Å². The lowest BCUT2D eigenvalue weighted by Crippen LogP contribution is -1.98. The quantitative estimate of drug-likeness (QED) is 0.830. The maximum atomic E-state index is 5.62. The normalized spacial score (nSPS) is 10.2. The summed E-state index contributed by atoms with van der Waals surface area (Å²) in [5, 5.41) is 0. The van der Waals surface area contributed by atoms with Gasteiger partial charge in [-0.25, -0.2) is 0 Å². The van der Waals surface area contributed by atoms with E-state index < -0.39 is 0 Å². The highest BCUT2D eigenvalue weighted by Crippen LogP contribution is 2.32. The summed E-state index contributed by atoms with van der Waals surface area (Å²) in [6, 6.07) is 11.7. The Kier molecular flexibility index (Phi) is 4.58. The van der Waals surface area contributed by atoms with E-state index in [0.717, 1.165) is 22.8 Å². The van der Waals surface area contributed by atoms with E-state index >= 15 is 0 Å². The molecule has 0 bridgehead atoms. The maximum absolute atomic E-state index is 5.62. The minimum Gasteiger partial charge on any atom is -0.490 e. The molecule has 0 unspecified atom stereocenters. The first-order valence-electron chi connectivity index (χ1n) is 6.34. The number of aromatic amines is 1. The molecule has 2 rings (SSSR count). The molecule has 0 fully saturated rings. The lowest BCUT2D eigenvalue weighted by atomic mass is 10.1. The van der Waals surface area contributed by atoms with Gasteiger partial charge in [-0.15, -0.1) is 0 Å². The Labute approximate surface area is 118 Å². The first kappa shape index (κ1) is 13.6. The number of H-pyrrole nitrogens is 1. The highest BCUT2D eigenvalue weighted by Gasteiger charge is 2.07. The van der Waals surface area contributed by atoms with Crippen LogP contribution in [0.25, 0.3) is 11.3 Å². The lowest BCUT2D eigenvalue weighted by Gasteiger charge is -2.12. The van der Waals surface area contributed by atoms with Gasteiger partial charge in [0.05, 0.1) is 13.2 Å². The van der Waals surface area contributed by atoms with Crippen LogP contribution in [0.1, 0.15) is 13.8 Å². The fraction of sp³-hybridized carbons (Fsp3) is 0.267. The van der Waals surface area contributed by atoms with E-state index in [9.17, 15) is 0 Å². The second-order valence-corrected chi connectivity index (χ2v) is 4.40. The number of ether oxygens (including phenoxy) is 2. The van der Waals surface area contributed by atoms with Crippen molar-refractivity contribution in [2.24, 2.45) is 0 Å². The van der Waals surface area contributed by atoms with Crippen molar-refractivity contribution in [1.29, 1.82) is 0 Å². The molecule has 0 aliphatic carbocycles. The van der Waals surface area contributed by atoms with Crippen LogP contribution in [0.3, 0.4) is 0 Å². The predicted octanol–water partition coefficient (Wildman–Crippen LogP) is 4.21. The molecule has 100 valence electrons. The third kappa shape index (κ3) is 3.35. The van der Waals surface area contributed by atoms with Crippen molar-refractivity contribution in [2.75, 3.05) is 13.2 Å². The summed E-state index contributed by atoms with van der Waals surface area (Å²) in [4.78, 5) is 3.16. The minimum atomic E-state index is 0.605. The maximum Gasteiger partial charge on any atom is 0.161 e. The van der Waals surface area contributed by atoms with E-state index in [4.69, 9.17) is 21.7 Å². The number of pyridine rings is 1. The van der Waals surface area contributed by atoms with E-state index in [1.165, 1.54) is 0 Å². The molecule has 0 aliphatic heterocycles. The van der Waals surface area contributed by atoms with Gasteiger partial charge in [0.15, 0.2) is 11.5 Å². The van der Waals surface area contributed by atoms with Crippen LogP contribution in [0, 0.1) is 4.64 Å². The Balaban J connectivity index is 2.42. The number of hydrogen-bond acceptors (Lipinski definition) is 3. The standard InChI is InChI=1S/C15H17NO2S/c1-3-17-13-9-8-11(10-14(13)18-4-2)12-6-5-7-15(19)16-12/h5-10H,3-4H2,1-2H3,(H,16,19). The van der Waals surface area contributed by atoms with Gasteiger partial charge in [0, 0.05) is 11.3 Å². The molecule has 3 nitrogen and oxygen atoms in total. The summed E-state index contributed by atoms with van der Waals surface area (Å²) in [6.45, 7) is 5.14. The van der Waals surface area contributed by atoms with Gasteiger partial charge >= 0.3 is 0 Å². The molecule has 4 heteroatoms. The molecule has 0 radical (unpaired) electrons. The van der Waals surface area contributed by atoms with Gasteiger partial charge in [0.2, 0.25) is 0 Å². The smallest absolute Gasteiger partial charge is 0.161 e. The summed E-state index contributed by atoms with van der Waals surface area (Å²) < 4.78 is 11.9. The molecule has 1 heterocycles. The topological polar surface area (TPSA) is 34.2 Å². The van der Waals surface area contributed by atoms with Crippen LogP contribution >= 0.6 is 12.2 Å². The summed E-state index contributed by atoms with van der Waals surface area (Å²) in [7, 11) is 0. The number of nitrogens with one attached hydrogen (secondary N) is 1. The van der Waals surface area contributed by atoms with Crippen LogP contribution in [0.5, 0.6) is 11.5 Å². The van der Waals surface area contributed by atoms with Crippen molar-refractivity contribution in [1.82, 2.24) is 4.98 Å². The first-order valence-corrected chi connectivity index (χ1v) is 6.74. The monoisotopic (exact) mass is 275 g/mol. The molecule has 0 atom stereocenters. The molecule has 2 aromatic rings. The first-order chi connectivity index (χ1) is 9.24. The Bertz CT molecular complexity index is 607. The van der Waals surface area contributed by atoms with E-state index in [2.05, 4.69) is 4.98 Å². The summed E-state index contributed by atoms with van der Waals surface area (Å²) >= 11 is 5.14. The van der Waals surface area contributed by atoms with Crippen molar-refractivity contribution >= 4 is 12.2 Å². The Morgan fingerprint density at radius 2 is 1.74 bits per heavy atom. The van der Waals surface area contributed by atoms with Gasteiger partial charge in [-0.3, -0.25) is 0 Å². The molecule has 0 saturated heterocycles. The van der Waals surface area contributed by atoms with Gasteiger partial charge in [-0.1, -0.05) is 18.3 Å². The van der Waals surface area contributed by atoms with Gasteiger partial charge < -0.3 is 14.5 Å². The van der Waals surface area contributed by atoms with Crippen molar-refractivity contribution < 1.29 is 9.47 Å². The molecule has 1 aromatic heterocycles. The van der Waals surface area contributed by atoms with Crippen LogP contribution in [0.15, 0.2) is 36.4 Å². The molecular weight excluding hydrogens is 258 g/mol. The Morgan fingerprint density at radius 3 is 2.42 bits per heavy atom. The highest BCUT2D eigenvalue weighted by atomic mass is 32.1. The molecule has 1 aromatic carbocycles. The van der Waals surface area contributed by atoms with Crippen LogP contribution in [0.4, 0.5) is 0 Å². The zero-order valence-corrected chi connectivity index (χ0v) is 11.9. The molecule has 0 saturated carbocycles. The SMILES string of the molecule is CCOc1ccc(-c2cccc(=S)[nH]2)cc1OCC. The highest BCUT2D eigenvalue weighted by molar-refractivity contribution is 7.71. The van der Waals surface area contributed by atoms with Crippen molar-refractivity contribution in [3.8, 4) is 22.8 Å². The van der Waals surface area contributed by atoms with Gasteiger partial charge in [-0.05, 0) is 44.2 Å². The van der Waals surface area contributed by atoms with Crippen molar-refractivity contribution in [3.63, 3.8) is 0 Å². The number of hydrogen-bond donors (Lipinski definition) is 1. The fourth-order valence-electron chi connectivity index (χ4n) is 1.83. The van der Waals surface area contributed by atoms with E-state index in [1.54, 1.807) is 0 Å².